The highest BCUT2D eigenvalue weighted by Gasteiger charge is 2.10. The fourth-order valence-corrected chi connectivity index (χ4v) is 2.15. The summed E-state index contributed by atoms with van der Waals surface area (Å²) in [6.45, 7) is 0. The van der Waals surface area contributed by atoms with E-state index in [1.807, 2.05) is 10.1 Å². The molecule has 0 aliphatic rings. The van der Waals surface area contributed by atoms with Crippen molar-refractivity contribution in [1.82, 2.24) is 20.6 Å². The number of halogens is 3. The van der Waals surface area contributed by atoms with Crippen LogP contribution in [0.25, 0.3) is 0 Å². The van der Waals surface area contributed by atoms with Gasteiger partial charge in [0.25, 0.3) is 5.56 Å². The van der Waals surface area contributed by atoms with Crippen LogP contribution in [0.3, 0.4) is 0 Å². The van der Waals surface area contributed by atoms with E-state index in [2.05, 4.69) is 15.6 Å². The standard InChI is InChI=1S/C12H8Cl3N5O3/c13-6-1-2-7(14)10(15)5(6)4-16-19-9(21)3-8-11(22)17-12(23)20-18-8/h1-2,4H,3H2,(H,19,21)(H2,17,20,22,23). The summed E-state index contributed by atoms with van der Waals surface area (Å²) in [5.74, 6) is -0.624. The zero-order valence-corrected chi connectivity index (χ0v) is 13.5. The normalized spacial score (nSPS) is 10.9. The molecular formula is C12H8Cl3N5O3. The van der Waals surface area contributed by atoms with Crippen molar-refractivity contribution >= 4 is 46.9 Å². The maximum absolute atomic E-state index is 11.7. The Labute approximate surface area is 143 Å². The van der Waals surface area contributed by atoms with E-state index in [1.165, 1.54) is 18.3 Å². The van der Waals surface area contributed by atoms with Crippen molar-refractivity contribution in [3.05, 3.63) is 59.3 Å². The van der Waals surface area contributed by atoms with Crippen molar-refractivity contribution in [2.75, 3.05) is 0 Å². The van der Waals surface area contributed by atoms with Crippen LogP contribution in [0.1, 0.15) is 11.3 Å². The molecule has 1 aromatic carbocycles. The van der Waals surface area contributed by atoms with E-state index in [4.69, 9.17) is 34.8 Å². The van der Waals surface area contributed by atoms with Crippen molar-refractivity contribution < 1.29 is 4.79 Å². The number of carbonyl (C=O) groups is 1. The molecule has 0 radical (unpaired) electrons. The molecule has 3 N–H and O–H groups in total. The molecule has 2 aromatic rings. The summed E-state index contributed by atoms with van der Waals surface area (Å²) >= 11 is 17.8. The number of aromatic amines is 2. The highest BCUT2D eigenvalue weighted by atomic mass is 35.5. The van der Waals surface area contributed by atoms with Crippen LogP contribution in [-0.4, -0.2) is 27.3 Å². The lowest BCUT2D eigenvalue weighted by Crippen LogP contribution is -2.31. The number of rotatable bonds is 4. The molecule has 0 unspecified atom stereocenters. The molecule has 0 spiro atoms. The molecule has 1 amide bonds. The monoisotopic (exact) mass is 375 g/mol. The van der Waals surface area contributed by atoms with E-state index in [-0.39, 0.29) is 22.2 Å². The van der Waals surface area contributed by atoms with Crippen LogP contribution >= 0.6 is 34.8 Å². The zero-order valence-electron chi connectivity index (χ0n) is 11.2. The largest absolute Gasteiger partial charge is 0.342 e. The maximum atomic E-state index is 11.7. The number of nitrogens with one attached hydrogen (secondary N) is 3. The lowest BCUT2D eigenvalue weighted by Gasteiger charge is -2.03. The van der Waals surface area contributed by atoms with Gasteiger partial charge in [0.05, 0.1) is 27.7 Å². The Hall–Kier alpha value is -2.16. The van der Waals surface area contributed by atoms with Gasteiger partial charge in [0.1, 0.15) is 5.69 Å². The molecule has 0 aliphatic carbocycles. The van der Waals surface area contributed by atoms with E-state index in [1.54, 1.807) is 0 Å². The summed E-state index contributed by atoms with van der Waals surface area (Å²) < 4.78 is 0. The Kier molecular flexibility index (Phi) is 5.54. The van der Waals surface area contributed by atoms with Gasteiger partial charge in [0.2, 0.25) is 5.91 Å². The Morgan fingerprint density at radius 2 is 1.96 bits per heavy atom. The third-order valence-corrected chi connectivity index (χ3v) is 3.72. The molecule has 0 fully saturated rings. The number of nitrogens with zero attached hydrogens (tertiary/aromatic N) is 2. The average Bonchev–Trinajstić information content (AvgIpc) is 2.49. The van der Waals surface area contributed by atoms with Gasteiger partial charge in [-0.1, -0.05) is 34.8 Å². The molecule has 8 nitrogen and oxygen atoms in total. The first kappa shape index (κ1) is 17.2. The lowest BCUT2D eigenvalue weighted by atomic mass is 10.2. The van der Waals surface area contributed by atoms with Gasteiger partial charge < -0.3 is 0 Å². The van der Waals surface area contributed by atoms with Crippen LogP contribution in [-0.2, 0) is 11.2 Å². The molecule has 23 heavy (non-hydrogen) atoms. The Bertz CT molecular complexity index is 890. The number of hydrogen-bond donors (Lipinski definition) is 3. The minimum absolute atomic E-state index is 0.156. The second-order valence-electron chi connectivity index (χ2n) is 4.18. The van der Waals surface area contributed by atoms with Gasteiger partial charge in [-0.15, -0.1) is 0 Å². The van der Waals surface area contributed by atoms with E-state index in [0.29, 0.717) is 10.6 Å². The highest BCUT2D eigenvalue weighted by molar-refractivity contribution is 6.45. The molecule has 0 aliphatic heterocycles. The number of hydrazone groups is 1. The summed E-state index contributed by atoms with van der Waals surface area (Å²) in [7, 11) is 0. The van der Waals surface area contributed by atoms with Crippen molar-refractivity contribution in [3.8, 4) is 0 Å². The average molecular weight is 377 g/mol. The molecule has 120 valence electrons. The molecule has 1 heterocycles. The quantitative estimate of drug-likeness (QED) is 0.420. The first-order chi connectivity index (χ1) is 10.9. The minimum atomic E-state index is -0.762. The predicted octanol–water partition coefficient (Wildman–Crippen LogP) is 1.11. The van der Waals surface area contributed by atoms with E-state index in [0.717, 1.165) is 0 Å². The number of benzene rings is 1. The van der Waals surface area contributed by atoms with Crippen molar-refractivity contribution in [2.24, 2.45) is 5.10 Å². The summed E-state index contributed by atoms with van der Waals surface area (Å²) in [6, 6.07) is 3.05. The molecule has 1 aromatic heterocycles. The van der Waals surface area contributed by atoms with E-state index in [9.17, 15) is 14.4 Å². The summed E-state index contributed by atoms with van der Waals surface area (Å²) in [5.41, 5.74) is 0.841. The second kappa shape index (κ2) is 7.40. The highest BCUT2D eigenvalue weighted by Crippen LogP contribution is 2.29. The molecule has 2 rings (SSSR count). The molecule has 11 heteroatoms. The van der Waals surface area contributed by atoms with Crippen LogP contribution in [0.15, 0.2) is 26.8 Å². The van der Waals surface area contributed by atoms with Gasteiger partial charge in [-0.05, 0) is 12.1 Å². The first-order valence-electron chi connectivity index (χ1n) is 6.01. The lowest BCUT2D eigenvalue weighted by molar-refractivity contribution is -0.120. The van der Waals surface area contributed by atoms with Crippen molar-refractivity contribution in [1.29, 1.82) is 0 Å². The number of aromatic nitrogens is 3. The van der Waals surface area contributed by atoms with Crippen LogP contribution < -0.4 is 16.7 Å². The van der Waals surface area contributed by atoms with Gasteiger partial charge in [0.15, 0.2) is 0 Å². The number of carbonyl (C=O) groups excluding carboxylic acids is 1. The summed E-state index contributed by atoms with van der Waals surface area (Å²) in [5, 5.41) is 9.95. The third kappa shape index (κ3) is 4.41. The summed E-state index contributed by atoms with van der Waals surface area (Å²) in [4.78, 5) is 35.8. The first-order valence-corrected chi connectivity index (χ1v) is 7.15. The van der Waals surface area contributed by atoms with Gasteiger partial charge in [0, 0.05) is 5.56 Å². The van der Waals surface area contributed by atoms with Crippen LogP contribution in [0.5, 0.6) is 0 Å². The smallest absolute Gasteiger partial charge is 0.273 e. The molecule has 0 saturated heterocycles. The molecule has 0 atom stereocenters. The number of H-pyrrole nitrogens is 2. The van der Waals surface area contributed by atoms with Crippen LogP contribution in [0.4, 0.5) is 0 Å². The van der Waals surface area contributed by atoms with Gasteiger partial charge in [-0.3, -0.25) is 14.6 Å². The van der Waals surface area contributed by atoms with E-state index >= 15 is 0 Å². The van der Waals surface area contributed by atoms with Gasteiger partial charge >= 0.3 is 5.69 Å². The third-order valence-electron chi connectivity index (χ3n) is 2.57. The Balaban J connectivity index is 2.06. The van der Waals surface area contributed by atoms with Crippen molar-refractivity contribution in [2.45, 2.75) is 6.42 Å². The van der Waals surface area contributed by atoms with E-state index < -0.39 is 17.2 Å². The second-order valence-corrected chi connectivity index (χ2v) is 5.37. The molecular weight excluding hydrogens is 369 g/mol. The zero-order chi connectivity index (χ0) is 17.0. The number of amides is 1. The minimum Gasteiger partial charge on any atom is -0.273 e. The van der Waals surface area contributed by atoms with Crippen LogP contribution in [0.2, 0.25) is 15.1 Å². The summed E-state index contributed by atoms with van der Waals surface area (Å²) in [6.07, 6.45) is 0.847. The van der Waals surface area contributed by atoms with Gasteiger partial charge in [-0.25, -0.2) is 15.3 Å². The molecule has 0 saturated carbocycles. The Morgan fingerprint density at radius 1 is 1.26 bits per heavy atom. The number of hydrogen-bond acceptors (Lipinski definition) is 5. The van der Waals surface area contributed by atoms with Crippen molar-refractivity contribution in [3.63, 3.8) is 0 Å². The van der Waals surface area contributed by atoms with Crippen LogP contribution in [0, 0.1) is 0 Å². The fourth-order valence-electron chi connectivity index (χ4n) is 1.51. The topological polar surface area (TPSA) is 120 Å². The maximum Gasteiger partial charge on any atom is 0.342 e. The fraction of sp³-hybridized carbons (Fsp3) is 0.0833. The SMILES string of the molecule is O=C(Cc1n[nH]c(=O)[nH]c1=O)NN=Cc1c(Cl)ccc(Cl)c1Cl. The predicted molar refractivity (Wildman–Crippen MR) is 86.4 cm³/mol. The Morgan fingerprint density at radius 3 is 2.65 bits per heavy atom. The van der Waals surface area contributed by atoms with Gasteiger partial charge in [-0.2, -0.15) is 10.2 Å². The molecule has 0 bridgehead atoms.